The molecule has 102 valence electrons. The number of likely N-dealkylation sites (N-methyl/N-ethyl adjacent to an activating group) is 1. The van der Waals surface area contributed by atoms with Crippen molar-refractivity contribution in [2.75, 3.05) is 33.2 Å². The minimum Gasteiger partial charge on any atom is -0.326 e. The first-order chi connectivity index (χ1) is 8.08. The van der Waals surface area contributed by atoms with Gasteiger partial charge in [0, 0.05) is 25.2 Å². The third-order valence-electron chi connectivity index (χ3n) is 4.32. The quantitative estimate of drug-likeness (QED) is 0.796. The molecule has 1 heterocycles. The molecule has 0 aromatic heterocycles. The van der Waals surface area contributed by atoms with Gasteiger partial charge in [-0.3, -0.25) is 4.90 Å². The summed E-state index contributed by atoms with van der Waals surface area (Å²) in [6.45, 7) is 11.5. The van der Waals surface area contributed by atoms with Gasteiger partial charge in [-0.25, -0.2) is 0 Å². The topological polar surface area (TPSA) is 32.5 Å². The lowest BCUT2D eigenvalue weighted by atomic mass is 9.99. The highest BCUT2D eigenvalue weighted by Gasteiger charge is 2.24. The summed E-state index contributed by atoms with van der Waals surface area (Å²) < 4.78 is 0. The highest BCUT2D eigenvalue weighted by Crippen LogP contribution is 2.15. The number of rotatable bonds is 5. The Morgan fingerprint density at radius 2 is 2.00 bits per heavy atom. The molecule has 3 atom stereocenters. The van der Waals surface area contributed by atoms with Gasteiger partial charge in [-0.1, -0.05) is 27.2 Å². The molecule has 1 saturated heterocycles. The maximum Gasteiger partial charge on any atom is 0.0221 e. The van der Waals surface area contributed by atoms with Crippen LogP contribution in [-0.2, 0) is 0 Å². The number of nitrogens with two attached hydrogens (primary N) is 1. The van der Waals surface area contributed by atoms with Gasteiger partial charge in [-0.2, -0.15) is 0 Å². The van der Waals surface area contributed by atoms with Crippen molar-refractivity contribution in [2.24, 2.45) is 11.7 Å². The van der Waals surface area contributed by atoms with Crippen molar-refractivity contribution < 1.29 is 0 Å². The van der Waals surface area contributed by atoms with Crippen LogP contribution in [0.5, 0.6) is 0 Å². The van der Waals surface area contributed by atoms with E-state index in [0.29, 0.717) is 18.0 Å². The van der Waals surface area contributed by atoms with Crippen LogP contribution in [0, 0.1) is 5.92 Å². The Hall–Kier alpha value is -0.120. The van der Waals surface area contributed by atoms with E-state index >= 15 is 0 Å². The standard InChI is InChI=1S/C14H31N3/c1-5-12(3)14(15)11-17-9-7-8-16(4)10-13(17)6-2/h12-14H,5-11,15H2,1-4H3. The minimum atomic E-state index is 0.331. The Bertz CT molecular complexity index is 208. The molecule has 0 aromatic rings. The molecule has 1 aliphatic rings. The van der Waals surface area contributed by atoms with Gasteiger partial charge in [0.15, 0.2) is 0 Å². The molecule has 3 unspecified atom stereocenters. The van der Waals surface area contributed by atoms with E-state index in [1.54, 1.807) is 0 Å². The monoisotopic (exact) mass is 241 g/mol. The summed E-state index contributed by atoms with van der Waals surface area (Å²) in [7, 11) is 2.24. The van der Waals surface area contributed by atoms with Crippen LogP contribution in [-0.4, -0.2) is 55.1 Å². The fourth-order valence-corrected chi connectivity index (χ4v) is 2.67. The molecule has 17 heavy (non-hydrogen) atoms. The second-order valence-electron chi connectivity index (χ2n) is 5.72. The van der Waals surface area contributed by atoms with E-state index in [-0.39, 0.29) is 0 Å². The van der Waals surface area contributed by atoms with Crippen molar-refractivity contribution in [3.8, 4) is 0 Å². The first kappa shape index (κ1) is 14.9. The van der Waals surface area contributed by atoms with Crippen molar-refractivity contribution >= 4 is 0 Å². The highest BCUT2D eigenvalue weighted by molar-refractivity contribution is 4.82. The Balaban J connectivity index is 2.54. The molecule has 1 aliphatic heterocycles. The van der Waals surface area contributed by atoms with Crippen molar-refractivity contribution in [1.29, 1.82) is 0 Å². The van der Waals surface area contributed by atoms with Crippen molar-refractivity contribution in [3.05, 3.63) is 0 Å². The molecule has 0 amide bonds. The van der Waals surface area contributed by atoms with Crippen LogP contribution in [0.15, 0.2) is 0 Å². The van der Waals surface area contributed by atoms with E-state index < -0.39 is 0 Å². The third-order valence-corrected chi connectivity index (χ3v) is 4.32. The lowest BCUT2D eigenvalue weighted by molar-refractivity contribution is 0.161. The molecule has 0 radical (unpaired) electrons. The van der Waals surface area contributed by atoms with Crippen molar-refractivity contribution in [2.45, 2.75) is 52.1 Å². The Morgan fingerprint density at radius 3 is 2.59 bits per heavy atom. The molecule has 3 heteroatoms. The molecule has 1 fully saturated rings. The van der Waals surface area contributed by atoms with E-state index in [2.05, 4.69) is 37.6 Å². The van der Waals surface area contributed by atoms with E-state index in [1.807, 2.05) is 0 Å². The SMILES string of the molecule is CCC(C)C(N)CN1CCCN(C)CC1CC. The first-order valence-electron chi connectivity index (χ1n) is 7.26. The Kier molecular flexibility index (Phi) is 6.45. The number of nitrogens with zero attached hydrogens (tertiary/aromatic N) is 2. The maximum atomic E-state index is 6.31. The van der Waals surface area contributed by atoms with E-state index in [0.717, 1.165) is 6.54 Å². The van der Waals surface area contributed by atoms with Gasteiger partial charge in [-0.05, 0) is 38.9 Å². The molecule has 1 rings (SSSR count). The zero-order valence-corrected chi connectivity index (χ0v) is 12.2. The summed E-state index contributed by atoms with van der Waals surface area (Å²) in [4.78, 5) is 5.09. The lowest BCUT2D eigenvalue weighted by Gasteiger charge is -2.33. The van der Waals surface area contributed by atoms with Crippen LogP contribution in [0.2, 0.25) is 0 Å². The fraction of sp³-hybridized carbons (Fsp3) is 1.00. The van der Waals surface area contributed by atoms with Crippen LogP contribution >= 0.6 is 0 Å². The van der Waals surface area contributed by atoms with Crippen LogP contribution in [0.3, 0.4) is 0 Å². The van der Waals surface area contributed by atoms with Crippen molar-refractivity contribution in [1.82, 2.24) is 9.80 Å². The second-order valence-corrected chi connectivity index (χ2v) is 5.72. The molecule has 0 bridgehead atoms. The molecular weight excluding hydrogens is 210 g/mol. The summed E-state index contributed by atoms with van der Waals surface area (Å²) >= 11 is 0. The van der Waals surface area contributed by atoms with Gasteiger partial charge < -0.3 is 10.6 Å². The zero-order valence-electron chi connectivity index (χ0n) is 12.2. The normalized spacial score (nSPS) is 27.7. The van der Waals surface area contributed by atoms with Crippen LogP contribution in [0.25, 0.3) is 0 Å². The summed E-state index contributed by atoms with van der Waals surface area (Å²) in [5.41, 5.74) is 6.31. The third kappa shape index (κ3) is 4.57. The van der Waals surface area contributed by atoms with Gasteiger partial charge >= 0.3 is 0 Å². The largest absolute Gasteiger partial charge is 0.326 e. The van der Waals surface area contributed by atoms with Crippen LogP contribution in [0.4, 0.5) is 0 Å². The van der Waals surface area contributed by atoms with E-state index in [1.165, 1.54) is 38.9 Å². The summed E-state index contributed by atoms with van der Waals surface area (Å²) in [6, 6.07) is 1.02. The van der Waals surface area contributed by atoms with E-state index in [9.17, 15) is 0 Å². The van der Waals surface area contributed by atoms with Gasteiger partial charge in [-0.15, -0.1) is 0 Å². The van der Waals surface area contributed by atoms with Gasteiger partial charge in [0.05, 0.1) is 0 Å². The number of hydrogen-bond donors (Lipinski definition) is 1. The molecule has 2 N–H and O–H groups in total. The van der Waals surface area contributed by atoms with Gasteiger partial charge in [0.25, 0.3) is 0 Å². The smallest absolute Gasteiger partial charge is 0.0221 e. The molecule has 0 aromatic carbocycles. The van der Waals surface area contributed by atoms with Gasteiger partial charge in [0.1, 0.15) is 0 Å². The summed E-state index contributed by atoms with van der Waals surface area (Å²) in [6.07, 6.45) is 3.70. The predicted molar refractivity (Wildman–Crippen MR) is 75.2 cm³/mol. The second kappa shape index (κ2) is 7.34. The minimum absolute atomic E-state index is 0.331. The van der Waals surface area contributed by atoms with Crippen molar-refractivity contribution in [3.63, 3.8) is 0 Å². The fourth-order valence-electron chi connectivity index (χ4n) is 2.67. The van der Waals surface area contributed by atoms with Crippen LogP contribution < -0.4 is 5.73 Å². The molecule has 0 spiro atoms. The van der Waals surface area contributed by atoms with E-state index in [4.69, 9.17) is 5.73 Å². The number of hydrogen-bond acceptors (Lipinski definition) is 3. The average molecular weight is 241 g/mol. The summed E-state index contributed by atoms with van der Waals surface area (Å²) in [5, 5.41) is 0. The Morgan fingerprint density at radius 1 is 1.29 bits per heavy atom. The molecule has 0 aliphatic carbocycles. The Labute approximate surface area is 107 Å². The predicted octanol–water partition coefficient (Wildman–Crippen LogP) is 1.78. The first-order valence-corrected chi connectivity index (χ1v) is 7.26. The maximum absolute atomic E-state index is 6.31. The highest BCUT2D eigenvalue weighted by atomic mass is 15.2. The molecule has 0 saturated carbocycles. The molecule has 3 nitrogen and oxygen atoms in total. The van der Waals surface area contributed by atoms with Crippen LogP contribution in [0.1, 0.15) is 40.0 Å². The lowest BCUT2D eigenvalue weighted by Crippen LogP contribution is -2.47. The molecular formula is C14H31N3. The average Bonchev–Trinajstić information content (AvgIpc) is 2.50. The summed E-state index contributed by atoms with van der Waals surface area (Å²) in [5.74, 6) is 0.633. The van der Waals surface area contributed by atoms with Gasteiger partial charge in [0.2, 0.25) is 0 Å². The zero-order chi connectivity index (χ0) is 12.8.